The van der Waals surface area contributed by atoms with Crippen molar-refractivity contribution in [1.82, 2.24) is 4.90 Å². The van der Waals surface area contributed by atoms with Crippen LogP contribution in [-0.4, -0.2) is 35.6 Å². The molecule has 1 amide bonds. The van der Waals surface area contributed by atoms with Crippen LogP contribution in [0.5, 0.6) is 0 Å². The van der Waals surface area contributed by atoms with Crippen molar-refractivity contribution in [3.63, 3.8) is 0 Å². The first kappa shape index (κ1) is 14.1. The molecular formula is C15H19NO2S. The molecule has 0 saturated carbocycles. The van der Waals surface area contributed by atoms with Crippen molar-refractivity contribution in [1.29, 1.82) is 0 Å². The maximum atomic E-state index is 12.4. The van der Waals surface area contributed by atoms with Gasteiger partial charge in [-0.05, 0) is 30.9 Å². The number of carbonyl (C=O) groups excluding carboxylic acids is 1. The molecule has 0 aliphatic carbocycles. The zero-order chi connectivity index (χ0) is 13.8. The quantitative estimate of drug-likeness (QED) is 0.843. The van der Waals surface area contributed by atoms with E-state index in [0.29, 0.717) is 5.92 Å². The Hall–Kier alpha value is -1.31. The molecule has 1 N–H and O–H groups in total. The molecule has 1 aliphatic heterocycles. The molecule has 0 radical (unpaired) electrons. The van der Waals surface area contributed by atoms with Gasteiger partial charge in [-0.25, -0.2) is 0 Å². The predicted octanol–water partition coefficient (Wildman–Crippen LogP) is 2.27. The number of aliphatic hydroxyl groups is 1. The highest BCUT2D eigenvalue weighted by Crippen LogP contribution is 2.26. The average molecular weight is 277 g/mol. The molecule has 0 aromatic carbocycles. The number of amides is 1. The zero-order valence-electron chi connectivity index (χ0n) is 11.4. The first-order chi connectivity index (χ1) is 9.15. The topological polar surface area (TPSA) is 40.5 Å². The third kappa shape index (κ3) is 3.17. The molecule has 1 aromatic rings. The van der Waals surface area contributed by atoms with Crippen LogP contribution in [0.4, 0.5) is 0 Å². The van der Waals surface area contributed by atoms with Crippen LogP contribution in [0.2, 0.25) is 0 Å². The van der Waals surface area contributed by atoms with E-state index in [1.807, 2.05) is 17.9 Å². The molecule has 1 aromatic heterocycles. The Morgan fingerprint density at radius 1 is 1.63 bits per heavy atom. The molecule has 0 spiro atoms. The minimum absolute atomic E-state index is 0.126. The Kier molecular flexibility index (Phi) is 4.62. The fourth-order valence-corrected chi connectivity index (χ4v) is 3.35. The Balaban J connectivity index is 2.12. The van der Waals surface area contributed by atoms with Gasteiger partial charge in [0.25, 0.3) is 5.91 Å². The summed E-state index contributed by atoms with van der Waals surface area (Å²) in [5, 5.41) is 8.72. The number of aryl methyl sites for hydroxylation is 1. The van der Waals surface area contributed by atoms with Crippen molar-refractivity contribution in [3.05, 3.63) is 21.4 Å². The number of hydrogen-bond acceptors (Lipinski definition) is 3. The second-order valence-electron chi connectivity index (χ2n) is 4.90. The van der Waals surface area contributed by atoms with Gasteiger partial charge < -0.3 is 10.0 Å². The molecule has 0 bridgehead atoms. The van der Waals surface area contributed by atoms with Crippen molar-refractivity contribution in [2.75, 3.05) is 19.7 Å². The summed E-state index contributed by atoms with van der Waals surface area (Å²) in [6, 6.07) is 1.91. The van der Waals surface area contributed by atoms with Crippen LogP contribution < -0.4 is 0 Å². The van der Waals surface area contributed by atoms with Gasteiger partial charge in [-0.3, -0.25) is 4.79 Å². The highest BCUT2D eigenvalue weighted by Gasteiger charge is 2.26. The summed E-state index contributed by atoms with van der Waals surface area (Å²) < 4.78 is 0. The molecule has 1 aliphatic rings. The smallest absolute Gasteiger partial charge is 0.263 e. The van der Waals surface area contributed by atoms with Gasteiger partial charge in [0.1, 0.15) is 6.61 Å². The molecule has 19 heavy (non-hydrogen) atoms. The van der Waals surface area contributed by atoms with E-state index < -0.39 is 0 Å². The van der Waals surface area contributed by atoms with E-state index in [4.69, 9.17) is 5.11 Å². The molecule has 3 nitrogen and oxygen atoms in total. The molecule has 1 unspecified atom stereocenters. The molecule has 4 heteroatoms. The Morgan fingerprint density at radius 3 is 3.05 bits per heavy atom. The standard InChI is InChI=1S/C15H19NO2S/c1-3-12-6-7-16(10-12)15(18)14-9-11(2)13(19-14)5-4-8-17/h9,12,17H,3,6-8,10H2,1-2H3. The van der Waals surface area contributed by atoms with E-state index in [2.05, 4.69) is 18.8 Å². The number of aliphatic hydroxyl groups excluding tert-OH is 1. The van der Waals surface area contributed by atoms with E-state index in [9.17, 15) is 4.79 Å². The summed E-state index contributed by atoms with van der Waals surface area (Å²) in [5.41, 5.74) is 1.01. The summed E-state index contributed by atoms with van der Waals surface area (Å²) in [5.74, 6) is 6.31. The van der Waals surface area contributed by atoms with Crippen molar-refractivity contribution in [3.8, 4) is 11.8 Å². The first-order valence-corrected chi connectivity index (χ1v) is 7.46. The summed E-state index contributed by atoms with van der Waals surface area (Å²) in [7, 11) is 0. The number of hydrogen-bond donors (Lipinski definition) is 1. The third-order valence-corrected chi connectivity index (χ3v) is 4.70. The maximum absolute atomic E-state index is 12.4. The van der Waals surface area contributed by atoms with Gasteiger partial charge in [0.2, 0.25) is 0 Å². The fraction of sp³-hybridized carbons (Fsp3) is 0.533. The number of thiophene rings is 1. The van der Waals surface area contributed by atoms with Gasteiger partial charge >= 0.3 is 0 Å². The Bertz CT molecular complexity index is 524. The second-order valence-corrected chi connectivity index (χ2v) is 5.95. The molecule has 1 saturated heterocycles. The summed E-state index contributed by atoms with van der Waals surface area (Å²) in [6.45, 7) is 5.73. The molecule has 1 atom stereocenters. The number of rotatable bonds is 2. The summed E-state index contributed by atoms with van der Waals surface area (Å²) in [4.78, 5) is 16.0. The number of nitrogens with zero attached hydrogens (tertiary/aromatic N) is 1. The van der Waals surface area contributed by atoms with Crippen LogP contribution in [0.3, 0.4) is 0 Å². The van der Waals surface area contributed by atoms with Crippen LogP contribution in [0.1, 0.15) is 39.9 Å². The lowest BCUT2D eigenvalue weighted by Crippen LogP contribution is -2.27. The Labute approximate surface area is 118 Å². The van der Waals surface area contributed by atoms with Gasteiger partial charge in [-0.1, -0.05) is 25.2 Å². The van der Waals surface area contributed by atoms with Gasteiger partial charge in [0.15, 0.2) is 0 Å². The monoisotopic (exact) mass is 277 g/mol. The fourth-order valence-electron chi connectivity index (χ4n) is 2.34. The van der Waals surface area contributed by atoms with E-state index in [0.717, 1.165) is 41.2 Å². The average Bonchev–Trinajstić information content (AvgIpc) is 3.02. The highest BCUT2D eigenvalue weighted by atomic mass is 32.1. The third-order valence-electron chi connectivity index (χ3n) is 3.56. The van der Waals surface area contributed by atoms with Crippen LogP contribution in [-0.2, 0) is 0 Å². The van der Waals surface area contributed by atoms with E-state index in [-0.39, 0.29) is 12.5 Å². The van der Waals surface area contributed by atoms with Crippen LogP contribution in [0.25, 0.3) is 0 Å². The molecule has 2 rings (SSSR count). The lowest BCUT2D eigenvalue weighted by molar-refractivity contribution is 0.0791. The normalized spacial score (nSPS) is 18.3. The zero-order valence-corrected chi connectivity index (χ0v) is 12.2. The summed E-state index contributed by atoms with van der Waals surface area (Å²) in [6.07, 6.45) is 2.25. The van der Waals surface area contributed by atoms with Crippen molar-refractivity contribution < 1.29 is 9.90 Å². The lowest BCUT2D eigenvalue weighted by atomic mass is 10.1. The SMILES string of the molecule is CCC1CCN(C(=O)c2cc(C)c(C#CCO)s2)C1. The number of carbonyl (C=O) groups is 1. The van der Waals surface area contributed by atoms with Crippen LogP contribution >= 0.6 is 11.3 Å². The molecule has 2 heterocycles. The van der Waals surface area contributed by atoms with E-state index >= 15 is 0 Å². The number of likely N-dealkylation sites (tertiary alicyclic amines) is 1. The molecule has 102 valence electrons. The Morgan fingerprint density at radius 2 is 2.42 bits per heavy atom. The van der Waals surface area contributed by atoms with Crippen LogP contribution in [0, 0.1) is 24.7 Å². The van der Waals surface area contributed by atoms with Gasteiger partial charge in [-0.2, -0.15) is 0 Å². The largest absolute Gasteiger partial charge is 0.384 e. The van der Waals surface area contributed by atoms with Crippen molar-refractivity contribution in [2.45, 2.75) is 26.7 Å². The summed E-state index contributed by atoms with van der Waals surface area (Å²) >= 11 is 1.43. The second kappa shape index (κ2) is 6.23. The molecular weight excluding hydrogens is 258 g/mol. The highest BCUT2D eigenvalue weighted by molar-refractivity contribution is 7.14. The lowest BCUT2D eigenvalue weighted by Gasteiger charge is -2.14. The van der Waals surface area contributed by atoms with Crippen LogP contribution in [0.15, 0.2) is 6.07 Å². The van der Waals surface area contributed by atoms with Gasteiger partial charge in [-0.15, -0.1) is 11.3 Å². The van der Waals surface area contributed by atoms with Crippen molar-refractivity contribution >= 4 is 17.2 Å². The maximum Gasteiger partial charge on any atom is 0.263 e. The minimum Gasteiger partial charge on any atom is -0.384 e. The van der Waals surface area contributed by atoms with E-state index in [1.54, 1.807) is 0 Å². The van der Waals surface area contributed by atoms with Gasteiger partial charge in [0, 0.05) is 13.1 Å². The molecule has 1 fully saturated rings. The van der Waals surface area contributed by atoms with E-state index in [1.165, 1.54) is 11.3 Å². The van der Waals surface area contributed by atoms with Gasteiger partial charge in [0.05, 0.1) is 9.75 Å². The first-order valence-electron chi connectivity index (χ1n) is 6.65. The minimum atomic E-state index is -0.148. The van der Waals surface area contributed by atoms with Crippen molar-refractivity contribution in [2.24, 2.45) is 5.92 Å². The predicted molar refractivity (Wildman–Crippen MR) is 77.3 cm³/mol.